The lowest BCUT2D eigenvalue weighted by atomic mass is 10.2. The van der Waals surface area contributed by atoms with Crippen molar-refractivity contribution in [2.24, 2.45) is 0 Å². The predicted molar refractivity (Wildman–Crippen MR) is 56.8 cm³/mol. The highest BCUT2D eigenvalue weighted by Crippen LogP contribution is 2.25. The summed E-state index contributed by atoms with van der Waals surface area (Å²) in [5, 5.41) is 0.775. The van der Waals surface area contributed by atoms with Gasteiger partial charge in [-0.3, -0.25) is 0 Å². The van der Waals surface area contributed by atoms with E-state index in [0.29, 0.717) is 6.61 Å². The second kappa shape index (κ2) is 5.12. The largest absolute Gasteiger partial charge is 0.496 e. The van der Waals surface area contributed by atoms with Crippen molar-refractivity contribution in [2.45, 2.75) is 12.3 Å². The van der Waals surface area contributed by atoms with Crippen LogP contribution in [-0.4, -0.2) is 13.7 Å². The third-order valence-corrected chi connectivity index (χ3v) is 2.31. The van der Waals surface area contributed by atoms with Crippen molar-refractivity contribution >= 4 is 15.9 Å². The quantitative estimate of drug-likeness (QED) is 0.759. The first kappa shape index (κ1) is 10.4. The van der Waals surface area contributed by atoms with E-state index in [1.54, 1.807) is 7.11 Å². The van der Waals surface area contributed by atoms with Crippen LogP contribution in [0.4, 0.5) is 0 Å². The Labute approximate surface area is 87.0 Å². The lowest BCUT2D eigenvalue weighted by molar-refractivity contribution is 0.338. The third-order valence-electron chi connectivity index (χ3n) is 1.71. The molecule has 0 bridgehead atoms. The highest BCUT2D eigenvalue weighted by Gasteiger charge is 2.02. The van der Waals surface area contributed by atoms with Gasteiger partial charge in [0, 0.05) is 10.9 Å². The monoisotopic (exact) mass is 244 g/mol. The first-order chi connectivity index (χ1) is 6.31. The second-order valence-corrected chi connectivity index (χ2v) is 3.10. The summed E-state index contributed by atoms with van der Waals surface area (Å²) in [5.74, 6) is 1.78. The summed E-state index contributed by atoms with van der Waals surface area (Å²) in [6, 6.07) is 5.81. The van der Waals surface area contributed by atoms with E-state index >= 15 is 0 Å². The first-order valence-corrected chi connectivity index (χ1v) is 5.29. The van der Waals surface area contributed by atoms with Gasteiger partial charge in [0.1, 0.15) is 11.5 Å². The molecule has 13 heavy (non-hydrogen) atoms. The fraction of sp³-hybridized carbons (Fsp3) is 0.400. The predicted octanol–water partition coefficient (Wildman–Crippen LogP) is 2.99. The van der Waals surface area contributed by atoms with E-state index in [9.17, 15) is 0 Å². The maximum Gasteiger partial charge on any atom is 0.123 e. The van der Waals surface area contributed by atoms with Crippen molar-refractivity contribution in [3.8, 4) is 11.5 Å². The molecule has 1 aromatic carbocycles. The van der Waals surface area contributed by atoms with Crippen molar-refractivity contribution in [2.75, 3.05) is 13.7 Å². The maximum absolute atomic E-state index is 5.37. The average Bonchev–Trinajstić information content (AvgIpc) is 2.18. The van der Waals surface area contributed by atoms with Gasteiger partial charge in [0.2, 0.25) is 0 Å². The van der Waals surface area contributed by atoms with Gasteiger partial charge in [-0.15, -0.1) is 0 Å². The normalized spacial score (nSPS) is 9.77. The molecule has 0 aliphatic carbocycles. The third kappa shape index (κ3) is 2.62. The molecule has 0 amide bonds. The summed E-state index contributed by atoms with van der Waals surface area (Å²) >= 11 is 3.40. The number of hydrogen-bond acceptors (Lipinski definition) is 2. The number of hydrogen-bond donors (Lipinski definition) is 0. The van der Waals surface area contributed by atoms with Crippen LogP contribution >= 0.6 is 15.9 Å². The molecule has 0 saturated heterocycles. The molecule has 0 atom stereocenters. The lowest BCUT2D eigenvalue weighted by Crippen LogP contribution is -1.94. The summed E-state index contributed by atoms with van der Waals surface area (Å²) < 4.78 is 10.6. The number of methoxy groups -OCH3 is 1. The zero-order valence-electron chi connectivity index (χ0n) is 7.84. The molecule has 0 heterocycles. The van der Waals surface area contributed by atoms with Crippen LogP contribution in [0, 0.1) is 0 Å². The van der Waals surface area contributed by atoms with E-state index in [1.807, 2.05) is 25.1 Å². The van der Waals surface area contributed by atoms with E-state index in [0.717, 1.165) is 22.4 Å². The van der Waals surface area contributed by atoms with Crippen LogP contribution < -0.4 is 9.47 Å². The Balaban J connectivity index is 2.91. The van der Waals surface area contributed by atoms with Crippen molar-refractivity contribution in [3.63, 3.8) is 0 Å². The first-order valence-electron chi connectivity index (χ1n) is 4.17. The Morgan fingerprint density at radius 2 is 2.15 bits per heavy atom. The number of ether oxygens (including phenoxy) is 2. The minimum Gasteiger partial charge on any atom is -0.496 e. The van der Waals surface area contributed by atoms with Gasteiger partial charge in [0.15, 0.2) is 0 Å². The Morgan fingerprint density at radius 1 is 1.38 bits per heavy atom. The van der Waals surface area contributed by atoms with Crippen molar-refractivity contribution in [3.05, 3.63) is 23.8 Å². The van der Waals surface area contributed by atoms with Crippen molar-refractivity contribution in [1.82, 2.24) is 0 Å². The van der Waals surface area contributed by atoms with E-state index < -0.39 is 0 Å². The average molecular weight is 245 g/mol. The number of benzene rings is 1. The van der Waals surface area contributed by atoms with Crippen molar-refractivity contribution in [1.29, 1.82) is 0 Å². The van der Waals surface area contributed by atoms with Gasteiger partial charge in [0.05, 0.1) is 13.7 Å². The summed E-state index contributed by atoms with van der Waals surface area (Å²) in [6.07, 6.45) is 0. The van der Waals surface area contributed by atoms with Gasteiger partial charge in [-0.05, 0) is 25.1 Å². The van der Waals surface area contributed by atoms with E-state index in [4.69, 9.17) is 9.47 Å². The fourth-order valence-electron chi connectivity index (χ4n) is 1.12. The molecule has 72 valence electrons. The van der Waals surface area contributed by atoms with Gasteiger partial charge in [-0.1, -0.05) is 15.9 Å². The van der Waals surface area contributed by atoms with Crippen LogP contribution in [0.5, 0.6) is 11.5 Å². The molecule has 0 saturated carbocycles. The molecule has 0 aliphatic heterocycles. The van der Waals surface area contributed by atoms with Gasteiger partial charge >= 0.3 is 0 Å². The Bertz CT molecular complexity index is 274. The van der Waals surface area contributed by atoms with Crippen LogP contribution in [-0.2, 0) is 5.33 Å². The number of alkyl halides is 1. The second-order valence-electron chi connectivity index (χ2n) is 2.54. The Kier molecular flexibility index (Phi) is 4.09. The molecule has 0 aliphatic rings. The van der Waals surface area contributed by atoms with Crippen molar-refractivity contribution < 1.29 is 9.47 Å². The van der Waals surface area contributed by atoms with Crippen LogP contribution in [0.1, 0.15) is 12.5 Å². The molecule has 0 aromatic heterocycles. The van der Waals surface area contributed by atoms with Crippen LogP contribution in [0.2, 0.25) is 0 Å². The molecule has 0 fully saturated rings. The summed E-state index contributed by atoms with van der Waals surface area (Å²) in [6.45, 7) is 2.66. The maximum atomic E-state index is 5.37. The van der Waals surface area contributed by atoms with Crippen LogP contribution in [0.25, 0.3) is 0 Å². The van der Waals surface area contributed by atoms with Crippen LogP contribution in [0.15, 0.2) is 18.2 Å². The minimum absolute atomic E-state index is 0.689. The lowest BCUT2D eigenvalue weighted by Gasteiger charge is -2.08. The number of rotatable bonds is 4. The SMILES string of the molecule is CCOc1ccc(OC)c(CBr)c1. The molecular formula is C10H13BrO2. The van der Waals surface area contributed by atoms with Gasteiger partial charge in [-0.25, -0.2) is 0 Å². The zero-order valence-corrected chi connectivity index (χ0v) is 9.43. The van der Waals surface area contributed by atoms with E-state index in [2.05, 4.69) is 15.9 Å². The highest BCUT2D eigenvalue weighted by molar-refractivity contribution is 9.08. The summed E-state index contributed by atoms with van der Waals surface area (Å²) in [7, 11) is 1.67. The van der Waals surface area contributed by atoms with Crippen LogP contribution in [0.3, 0.4) is 0 Å². The number of halogens is 1. The van der Waals surface area contributed by atoms with E-state index in [1.165, 1.54) is 0 Å². The highest BCUT2D eigenvalue weighted by atomic mass is 79.9. The Morgan fingerprint density at radius 3 is 2.69 bits per heavy atom. The molecule has 3 heteroatoms. The molecule has 0 spiro atoms. The molecule has 0 N–H and O–H groups in total. The summed E-state index contributed by atoms with van der Waals surface area (Å²) in [4.78, 5) is 0. The summed E-state index contributed by atoms with van der Waals surface area (Å²) in [5.41, 5.74) is 1.11. The molecule has 2 nitrogen and oxygen atoms in total. The zero-order chi connectivity index (χ0) is 9.68. The van der Waals surface area contributed by atoms with Gasteiger partial charge in [-0.2, -0.15) is 0 Å². The molecule has 1 rings (SSSR count). The van der Waals surface area contributed by atoms with Gasteiger partial charge < -0.3 is 9.47 Å². The smallest absolute Gasteiger partial charge is 0.123 e. The molecule has 1 aromatic rings. The Hall–Kier alpha value is -0.700. The molecular weight excluding hydrogens is 232 g/mol. The standard InChI is InChI=1S/C10H13BrO2/c1-3-13-9-4-5-10(12-2)8(6-9)7-11/h4-6H,3,7H2,1-2H3. The fourth-order valence-corrected chi connectivity index (χ4v) is 1.55. The van der Waals surface area contributed by atoms with Gasteiger partial charge in [0.25, 0.3) is 0 Å². The molecule has 0 unspecified atom stereocenters. The molecule has 0 radical (unpaired) electrons. The topological polar surface area (TPSA) is 18.5 Å². The van der Waals surface area contributed by atoms with E-state index in [-0.39, 0.29) is 0 Å². The minimum atomic E-state index is 0.689.